The largest absolute Gasteiger partial charge is 0.489 e. The van der Waals surface area contributed by atoms with Gasteiger partial charge in [0.1, 0.15) is 12.4 Å². The van der Waals surface area contributed by atoms with Gasteiger partial charge in [0.05, 0.1) is 24.3 Å². The van der Waals surface area contributed by atoms with E-state index in [1.165, 1.54) is 12.1 Å². The van der Waals surface area contributed by atoms with Crippen LogP contribution >= 0.6 is 24.0 Å². The van der Waals surface area contributed by atoms with Crippen LogP contribution in [0.3, 0.4) is 0 Å². The first-order chi connectivity index (χ1) is 13.7. The minimum atomic E-state index is -4.59. The van der Waals surface area contributed by atoms with Crippen LogP contribution in [-0.4, -0.2) is 35.6 Å². The molecule has 0 bridgehead atoms. The van der Waals surface area contributed by atoms with Gasteiger partial charge in [-0.1, -0.05) is 35.9 Å². The van der Waals surface area contributed by atoms with E-state index in [4.69, 9.17) is 22.1 Å². The monoisotopic (exact) mass is 465 g/mol. The molecule has 4 N–H and O–H groups in total. The fraction of sp³-hybridized carbons (Fsp3) is 0.333. The van der Waals surface area contributed by atoms with E-state index in [9.17, 15) is 23.4 Å². The molecule has 2 aromatic carbocycles. The first kappa shape index (κ1) is 26.3. The zero-order valence-electron chi connectivity index (χ0n) is 16.0. The Hall–Kier alpha value is -1.77. The molecule has 0 heterocycles. The van der Waals surface area contributed by atoms with Crippen molar-refractivity contribution in [2.45, 2.75) is 24.6 Å². The molecule has 30 heavy (non-hydrogen) atoms. The molecule has 0 fully saturated rings. The zero-order chi connectivity index (χ0) is 21.5. The molecule has 2 aromatic rings. The van der Waals surface area contributed by atoms with Gasteiger partial charge in [0.15, 0.2) is 0 Å². The van der Waals surface area contributed by atoms with Crippen molar-refractivity contribution in [2.24, 2.45) is 5.73 Å². The van der Waals surface area contributed by atoms with Crippen molar-refractivity contribution in [1.82, 2.24) is 0 Å². The Kier molecular flexibility index (Phi) is 10.1. The number of benzene rings is 2. The Balaban J connectivity index is 0.00000450. The van der Waals surface area contributed by atoms with Crippen molar-refractivity contribution in [3.8, 4) is 5.75 Å². The second-order valence-electron chi connectivity index (χ2n) is 6.78. The number of aliphatic hydroxyl groups excluding tert-OH is 2. The first-order valence-electron chi connectivity index (χ1n) is 8.92. The topological polar surface area (TPSA) is 75.7 Å². The molecule has 0 amide bonds. The van der Waals surface area contributed by atoms with Crippen LogP contribution in [-0.2, 0) is 12.6 Å². The summed E-state index contributed by atoms with van der Waals surface area (Å²) >= 11 is 5.89. The molecule has 0 aromatic heterocycles. The van der Waals surface area contributed by atoms with Crippen LogP contribution in [0.2, 0.25) is 5.02 Å². The molecule has 0 aliphatic carbocycles. The number of hydrogen-bond donors (Lipinski definition) is 3. The molecule has 0 radical (unpaired) electrons. The highest BCUT2D eigenvalue weighted by molar-refractivity contribution is 6.30. The molecule has 4 nitrogen and oxygen atoms in total. The predicted octanol–water partition coefficient (Wildman–Crippen LogP) is 4.49. The molecule has 166 valence electrons. The summed E-state index contributed by atoms with van der Waals surface area (Å²) in [6.07, 6.45) is -0.964. The standard InChI is InChI=1S/C21H23ClF3NO3.ClH/c22-17-5-1-3-15(11-17)4-2-10-29-19-7-6-16(12-18(19)21(23,24)25)8-9-20(26,13-27)14-28;/h1-7,11-12,27-28H,8-10,13-14,26H2;1H. The minimum Gasteiger partial charge on any atom is -0.489 e. The van der Waals surface area contributed by atoms with Crippen molar-refractivity contribution in [1.29, 1.82) is 0 Å². The smallest absolute Gasteiger partial charge is 0.419 e. The number of ether oxygens (including phenoxy) is 1. The van der Waals surface area contributed by atoms with Crippen molar-refractivity contribution in [2.75, 3.05) is 19.8 Å². The molecule has 0 aliphatic heterocycles. The van der Waals surface area contributed by atoms with Crippen LogP contribution in [0.1, 0.15) is 23.1 Å². The lowest BCUT2D eigenvalue weighted by atomic mass is 9.93. The van der Waals surface area contributed by atoms with Crippen LogP contribution in [0.4, 0.5) is 13.2 Å². The minimum absolute atomic E-state index is 0. The summed E-state index contributed by atoms with van der Waals surface area (Å²) in [5, 5.41) is 19.0. The molecule has 0 atom stereocenters. The number of hydrogen-bond acceptors (Lipinski definition) is 4. The van der Waals surface area contributed by atoms with Crippen LogP contribution in [0.25, 0.3) is 6.08 Å². The summed E-state index contributed by atoms with van der Waals surface area (Å²) in [7, 11) is 0. The van der Waals surface area contributed by atoms with E-state index in [1.54, 1.807) is 30.4 Å². The second kappa shape index (κ2) is 11.6. The zero-order valence-corrected chi connectivity index (χ0v) is 17.6. The number of aliphatic hydroxyl groups is 2. The van der Waals surface area contributed by atoms with E-state index in [2.05, 4.69) is 0 Å². The van der Waals surface area contributed by atoms with Crippen molar-refractivity contribution in [3.63, 3.8) is 0 Å². The fourth-order valence-corrected chi connectivity index (χ4v) is 2.81. The van der Waals surface area contributed by atoms with Gasteiger partial charge in [0.2, 0.25) is 0 Å². The molecule has 0 aliphatic rings. The van der Waals surface area contributed by atoms with Gasteiger partial charge in [-0.25, -0.2) is 0 Å². The molecular weight excluding hydrogens is 442 g/mol. The SMILES string of the molecule is Cl.NC(CO)(CO)CCc1ccc(OCC=Cc2cccc(Cl)c2)c(C(F)(F)F)c1. The molecule has 2 rings (SSSR count). The van der Waals surface area contributed by atoms with Gasteiger partial charge in [-0.2, -0.15) is 13.2 Å². The molecule has 0 unspecified atom stereocenters. The summed E-state index contributed by atoms with van der Waals surface area (Å²) in [6, 6.07) is 10.8. The predicted molar refractivity (Wildman–Crippen MR) is 114 cm³/mol. The second-order valence-corrected chi connectivity index (χ2v) is 7.21. The lowest BCUT2D eigenvalue weighted by Crippen LogP contribution is -2.47. The van der Waals surface area contributed by atoms with E-state index >= 15 is 0 Å². The van der Waals surface area contributed by atoms with Crippen molar-refractivity contribution >= 4 is 30.1 Å². The maximum Gasteiger partial charge on any atom is 0.419 e. The third-order valence-electron chi connectivity index (χ3n) is 4.38. The van der Waals surface area contributed by atoms with Crippen LogP contribution in [0.5, 0.6) is 5.75 Å². The van der Waals surface area contributed by atoms with Gasteiger partial charge >= 0.3 is 6.18 Å². The maximum absolute atomic E-state index is 13.4. The van der Waals surface area contributed by atoms with E-state index < -0.39 is 30.5 Å². The molecular formula is C21H24Cl2F3NO3. The summed E-state index contributed by atoms with van der Waals surface area (Å²) in [4.78, 5) is 0. The van der Waals surface area contributed by atoms with Crippen LogP contribution in [0, 0.1) is 0 Å². The summed E-state index contributed by atoms with van der Waals surface area (Å²) < 4.78 is 45.6. The van der Waals surface area contributed by atoms with Gasteiger partial charge in [0.25, 0.3) is 0 Å². The third-order valence-corrected chi connectivity index (χ3v) is 4.62. The Morgan fingerprint density at radius 2 is 1.77 bits per heavy atom. The van der Waals surface area contributed by atoms with Gasteiger partial charge in [0, 0.05) is 5.02 Å². The van der Waals surface area contributed by atoms with Crippen molar-refractivity contribution in [3.05, 3.63) is 70.3 Å². The molecule has 0 saturated carbocycles. The average molecular weight is 466 g/mol. The van der Waals surface area contributed by atoms with Gasteiger partial charge in [-0.15, -0.1) is 12.4 Å². The lowest BCUT2D eigenvalue weighted by Gasteiger charge is -2.24. The van der Waals surface area contributed by atoms with Crippen molar-refractivity contribution < 1.29 is 28.1 Å². The van der Waals surface area contributed by atoms with Gasteiger partial charge in [-0.05, 0) is 54.3 Å². The van der Waals surface area contributed by atoms with E-state index in [-0.39, 0.29) is 37.6 Å². The first-order valence-corrected chi connectivity index (χ1v) is 9.30. The summed E-state index contributed by atoms with van der Waals surface area (Å²) in [5.41, 5.74) is 4.84. The molecule has 9 heteroatoms. The number of alkyl halides is 3. The van der Waals surface area contributed by atoms with Crippen LogP contribution < -0.4 is 10.5 Å². The van der Waals surface area contributed by atoms with E-state index in [1.807, 2.05) is 6.07 Å². The van der Waals surface area contributed by atoms with Gasteiger partial charge in [-0.3, -0.25) is 0 Å². The highest BCUT2D eigenvalue weighted by Crippen LogP contribution is 2.37. The molecule has 0 spiro atoms. The van der Waals surface area contributed by atoms with Crippen LogP contribution in [0.15, 0.2) is 48.5 Å². The summed E-state index contributed by atoms with van der Waals surface area (Å²) in [5.74, 6) is -0.277. The Morgan fingerprint density at radius 3 is 2.37 bits per heavy atom. The Labute approximate surface area is 184 Å². The number of rotatable bonds is 9. The number of nitrogens with two attached hydrogens (primary N) is 1. The highest BCUT2D eigenvalue weighted by atomic mass is 35.5. The Bertz CT molecular complexity index is 840. The maximum atomic E-state index is 13.4. The number of aryl methyl sites for hydroxylation is 1. The van der Waals surface area contributed by atoms with E-state index in [0.717, 1.165) is 11.6 Å². The lowest BCUT2D eigenvalue weighted by molar-refractivity contribution is -0.138. The fourth-order valence-electron chi connectivity index (χ4n) is 2.61. The summed E-state index contributed by atoms with van der Waals surface area (Å²) in [6.45, 7) is -0.971. The highest BCUT2D eigenvalue weighted by Gasteiger charge is 2.35. The molecule has 0 saturated heterocycles. The number of halogens is 5. The average Bonchev–Trinajstić information content (AvgIpc) is 2.69. The quantitative estimate of drug-likeness (QED) is 0.509. The third kappa shape index (κ3) is 7.81. The Morgan fingerprint density at radius 1 is 1.07 bits per heavy atom. The van der Waals surface area contributed by atoms with E-state index in [0.29, 0.717) is 10.6 Å². The normalized spacial score (nSPS) is 12.1. The van der Waals surface area contributed by atoms with Gasteiger partial charge < -0.3 is 20.7 Å².